The lowest BCUT2D eigenvalue weighted by molar-refractivity contribution is 0.575. The van der Waals surface area contributed by atoms with Gasteiger partial charge in [-0.05, 0) is 18.6 Å². The smallest absolute Gasteiger partial charge is 0.201 e. The lowest BCUT2D eigenvalue weighted by Crippen LogP contribution is -2.13. The van der Waals surface area contributed by atoms with E-state index in [1.165, 1.54) is 0 Å². The highest BCUT2D eigenvalue weighted by atomic mass is 32.2. The molecule has 1 fully saturated rings. The molecule has 1 aliphatic heterocycles. The van der Waals surface area contributed by atoms with Crippen molar-refractivity contribution in [3.8, 4) is 0 Å². The average molecular weight is 251 g/mol. The van der Waals surface area contributed by atoms with Crippen molar-refractivity contribution in [1.82, 2.24) is 9.55 Å². The molecule has 90 valence electrons. The van der Waals surface area contributed by atoms with Crippen LogP contribution < -0.4 is 5.73 Å². The van der Waals surface area contributed by atoms with Crippen LogP contribution in [0.15, 0.2) is 24.3 Å². The number of benzene rings is 1. The summed E-state index contributed by atoms with van der Waals surface area (Å²) in [6, 6.07) is 7.52. The molecule has 0 aliphatic carbocycles. The summed E-state index contributed by atoms with van der Waals surface area (Å²) in [5.74, 6) is 0.801. The van der Waals surface area contributed by atoms with E-state index in [0.717, 1.165) is 11.0 Å². The molecule has 1 saturated heterocycles. The van der Waals surface area contributed by atoms with Gasteiger partial charge in [-0.15, -0.1) is 0 Å². The van der Waals surface area contributed by atoms with Gasteiger partial charge in [0, 0.05) is 0 Å². The minimum atomic E-state index is -2.91. The Bertz CT molecular complexity index is 675. The monoisotopic (exact) mass is 251 g/mol. The first-order valence-corrected chi connectivity index (χ1v) is 7.32. The van der Waals surface area contributed by atoms with E-state index in [0.29, 0.717) is 12.4 Å². The molecule has 1 aliphatic rings. The predicted molar refractivity (Wildman–Crippen MR) is 66.5 cm³/mol. The van der Waals surface area contributed by atoms with Crippen LogP contribution in [0.25, 0.3) is 11.0 Å². The zero-order chi connectivity index (χ0) is 12.0. The highest BCUT2D eigenvalue weighted by molar-refractivity contribution is 7.91. The Morgan fingerprint density at radius 3 is 2.82 bits per heavy atom. The zero-order valence-corrected chi connectivity index (χ0v) is 10.0. The summed E-state index contributed by atoms with van der Waals surface area (Å²) < 4.78 is 24.9. The second-order valence-electron chi connectivity index (χ2n) is 4.39. The third-order valence-corrected chi connectivity index (χ3v) is 4.95. The minimum Gasteiger partial charge on any atom is -0.369 e. The SMILES string of the molecule is Nc1nc2ccccc2n1C1CCS(=O)(=O)C1. The molecule has 2 aromatic rings. The molecule has 0 spiro atoms. The van der Waals surface area contributed by atoms with Crippen LogP contribution >= 0.6 is 0 Å². The molecule has 0 bridgehead atoms. The Morgan fingerprint density at radius 2 is 2.12 bits per heavy atom. The van der Waals surface area contributed by atoms with Crippen molar-refractivity contribution in [3.63, 3.8) is 0 Å². The lowest BCUT2D eigenvalue weighted by atomic mass is 10.2. The molecule has 1 aromatic carbocycles. The average Bonchev–Trinajstić information content (AvgIpc) is 2.77. The number of aromatic nitrogens is 2. The number of imidazole rings is 1. The van der Waals surface area contributed by atoms with Crippen molar-refractivity contribution < 1.29 is 8.42 Å². The van der Waals surface area contributed by atoms with Gasteiger partial charge in [0.1, 0.15) is 0 Å². The minimum absolute atomic E-state index is 0.0765. The molecule has 1 aromatic heterocycles. The number of hydrogen-bond donors (Lipinski definition) is 1. The number of nitrogens with zero attached hydrogens (tertiary/aromatic N) is 2. The van der Waals surface area contributed by atoms with E-state index in [4.69, 9.17) is 5.73 Å². The number of para-hydroxylation sites is 2. The van der Waals surface area contributed by atoms with Crippen molar-refractivity contribution in [2.75, 3.05) is 17.2 Å². The fraction of sp³-hybridized carbons (Fsp3) is 0.364. The van der Waals surface area contributed by atoms with Gasteiger partial charge in [0.2, 0.25) is 5.95 Å². The second-order valence-corrected chi connectivity index (χ2v) is 6.61. The van der Waals surface area contributed by atoms with Crippen molar-refractivity contribution in [3.05, 3.63) is 24.3 Å². The third-order valence-electron chi connectivity index (χ3n) is 3.20. The Kier molecular flexibility index (Phi) is 2.16. The fourth-order valence-corrected chi connectivity index (χ4v) is 4.13. The highest BCUT2D eigenvalue weighted by Gasteiger charge is 2.31. The molecule has 0 saturated carbocycles. The summed E-state index contributed by atoms with van der Waals surface area (Å²) in [7, 11) is -2.91. The normalized spacial score (nSPS) is 23.2. The lowest BCUT2D eigenvalue weighted by Gasteiger charge is -2.12. The molecule has 2 heterocycles. The van der Waals surface area contributed by atoms with Crippen LogP contribution in [0.1, 0.15) is 12.5 Å². The van der Waals surface area contributed by atoms with Crippen molar-refractivity contribution >= 4 is 26.8 Å². The molecule has 17 heavy (non-hydrogen) atoms. The maximum atomic E-state index is 11.5. The maximum absolute atomic E-state index is 11.5. The van der Waals surface area contributed by atoms with Gasteiger partial charge >= 0.3 is 0 Å². The van der Waals surface area contributed by atoms with Gasteiger partial charge in [0.15, 0.2) is 9.84 Å². The zero-order valence-electron chi connectivity index (χ0n) is 9.20. The number of nitrogen functional groups attached to an aromatic ring is 1. The van der Waals surface area contributed by atoms with Crippen LogP contribution in [0.5, 0.6) is 0 Å². The first kappa shape index (κ1) is 10.6. The molecule has 3 rings (SSSR count). The second kappa shape index (κ2) is 3.46. The number of sulfone groups is 1. The molecule has 1 unspecified atom stereocenters. The molecular formula is C11H13N3O2S. The molecule has 6 heteroatoms. The topological polar surface area (TPSA) is 78.0 Å². The Balaban J connectivity index is 2.15. The van der Waals surface area contributed by atoms with E-state index in [-0.39, 0.29) is 17.5 Å². The maximum Gasteiger partial charge on any atom is 0.201 e. The molecule has 0 radical (unpaired) electrons. The van der Waals surface area contributed by atoms with Gasteiger partial charge in [0.25, 0.3) is 0 Å². The molecule has 2 N–H and O–H groups in total. The van der Waals surface area contributed by atoms with Gasteiger partial charge < -0.3 is 10.3 Å². The number of fused-ring (bicyclic) bond motifs is 1. The summed E-state index contributed by atoms with van der Waals surface area (Å²) >= 11 is 0. The van der Waals surface area contributed by atoms with Crippen LogP contribution in [0.3, 0.4) is 0 Å². The van der Waals surface area contributed by atoms with E-state index >= 15 is 0 Å². The number of rotatable bonds is 1. The van der Waals surface area contributed by atoms with Crippen LogP contribution in [0.2, 0.25) is 0 Å². The fourth-order valence-electron chi connectivity index (χ4n) is 2.43. The van der Waals surface area contributed by atoms with E-state index in [2.05, 4.69) is 4.98 Å². The van der Waals surface area contributed by atoms with E-state index in [1.54, 1.807) is 0 Å². The van der Waals surface area contributed by atoms with Gasteiger partial charge in [-0.25, -0.2) is 13.4 Å². The molecule has 0 amide bonds. The standard InChI is InChI=1S/C11H13N3O2S/c12-11-13-9-3-1-2-4-10(9)14(11)8-5-6-17(15,16)7-8/h1-4,8H,5-7H2,(H2,12,13). The van der Waals surface area contributed by atoms with E-state index in [1.807, 2.05) is 28.8 Å². The number of hydrogen-bond acceptors (Lipinski definition) is 4. The molecule has 5 nitrogen and oxygen atoms in total. The van der Waals surface area contributed by atoms with Crippen LogP contribution in [-0.2, 0) is 9.84 Å². The predicted octanol–water partition coefficient (Wildman–Crippen LogP) is 0.978. The molecule has 1 atom stereocenters. The largest absolute Gasteiger partial charge is 0.369 e. The van der Waals surface area contributed by atoms with Gasteiger partial charge in [-0.2, -0.15) is 0 Å². The first-order valence-electron chi connectivity index (χ1n) is 5.50. The summed E-state index contributed by atoms with van der Waals surface area (Å²) in [4.78, 5) is 4.25. The van der Waals surface area contributed by atoms with Crippen LogP contribution in [0, 0.1) is 0 Å². The van der Waals surface area contributed by atoms with Crippen molar-refractivity contribution in [2.24, 2.45) is 0 Å². The Morgan fingerprint density at radius 1 is 1.35 bits per heavy atom. The van der Waals surface area contributed by atoms with E-state index < -0.39 is 9.84 Å². The van der Waals surface area contributed by atoms with Crippen LogP contribution in [-0.4, -0.2) is 29.5 Å². The van der Waals surface area contributed by atoms with Gasteiger partial charge in [-0.1, -0.05) is 12.1 Å². The first-order chi connectivity index (χ1) is 8.07. The van der Waals surface area contributed by atoms with Crippen molar-refractivity contribution in [1.29, 1.82) is 0 Å². The van der Waals surface area contributed by atoms with Crippen molar-refractivity contribution in [2.45, 2.75) is 12.5 Å². The summed E-state index contributed by atoms with van der Waals surface area (Å²) in [5.41, 5.74) is 7.60. The quantitative estimate of drug-likeness (QED) is 0.819. The van der Waals surface area contributed by atoms with Gasteiger partial charge in [-0.3, -0.25) is 0 Å². The molecular weight excluding hydrogens is 238 g/mol. The third kappa shape index (κ3) is 1.68. The number of anilines is 1. The Hall–Kier alpha value is -1.56. The Labute approximate surface area is 99.2 Å². The summed E-state index contributed by atoms with van der Waals surface area (Å²) in [6.45, 7) is 0. The summed E-state index contributed by atoms with van der Waals surface area (Å²) in [6.07, 6.45) is 0.618. The van der Waals surface area contributed by atoms with E-state index in [9.17, 15) is 8.42 Å². The highest BCUT2D eigenvalue weighted by Crippen LogP contribution is 2.30. The van der Waals surface area contributed by atoms with Gasteiger partial charge in [0.05, 0.1) is 28.6 Å². The van der Waals surface area contributed by atoms with Crippen LogP contribution in [0.4, 0.5) is 5.95 Å². The summed E-state index contributed by atoms with van der Waals surface area (Å²) in [5, 5.41) is 0. The number of nitrogens with two attached hydrogens (primary N) is 1.